The van der Waals surface area contributed by atoms with Gasteiger partial charge >= 0.3 is 0 Å². The van der Waals surface area contributed by atoms with E-state index in [9.17, 15) is 0 Å². The normalized spacial score (nSPS) is 14.2. The van der Waals surface area contributed by atoms with Crippen LogP contribution < -0.4 is 0 Å². The molecule has 0 bridgehead atoms. The molecule has 1 heteroatoms. The van der Waals surface area contributed by atoms with E-state index >= 15 is 0 Å². The van der Waals surface area contributed by atoms with E-state index in [4.69, 9.17) is 0 Å². The Labute approximate surface area is 63.1 Å². The Hall–Kier alpha value is -0.170. The van der Waals surface area contributed by atoms with Gasteiger partial charge in [-0.15, -0.1) is 0 Å². The highest BCUT2D eigenvalue weighted by atomic mass is 32.1. The zero-order valence-electron chi connectivity index (χ0n) is 6.31. The van der Waals surface area contributed by atoms with Crippen molar-refractivity contribution in [2.24, 2.45) is 0 Å². The first-order chi connectivity index (χ1) is 4.22. The topological polar surface area (TPSA) is 0 Å². The lowest BCUT2D eigenvalue weighted by Gasteiger charge is -1.97. The number of hydrogen-bond acceptors (Lipinski definition) is 1. The van der Waals surface area contributed by atoms with Crippen molar-refractivity contribution in [1.82, 2.24) is 0 Å². The zero-order valence-corrected chi connectivity index (χ0v) is 7.20. The van der Waals surface area contributed by atoms with Gasteiger partial charge in [-0.1, -0.05) is 24.1 Å². The van der Waals surface area contributed by atoms with Crippen molar-refractivity contribution in [3.63, 3.8) is 0 Å². The second-order valence-electron chi connectivity index (χ2n) is 2.13. The van der Waals surface area contributed by atoms with Crippen molar-refractivity contribution < 1.29 is 0 Å². The van der Waals surface area contributed by atoms with Crippen LogP contribution in [0.15, 0.2) is 22.6 Å². The van der Waals surface area contributed by atoms with Crippen LogP contribution in [0.2, 0.25) is 0 Å². The lowest BCUT2D eigenvalue weighted by Crippen LogP contribution is -1.76. The van der Waals surface area contributed by atoms with Crippen molar-refractivity contribution in [2.75, 3.05) is 0 Å². The standard InChI is InChI=1S/C8H14S/c1-4-7(2)8(3)5-6-9/h5-6,9H,4H2,1-3H3/b6-5-,8-7+. The average molecular weight is 142 g/mol. The van der Waals surface area contributed by atoms with Crippen molar-refractivity contribution in [2.45, 2.75) is 27.2 Å². The molecule has 0 aliphatic rings. The van der Waals surface area contributed by atoms with E-state index in [-0.39, 0.29) is 0 Å². The maximum atomic E-state index is 3.98. The fraction of sp³-hybridized carbons (Fsp3) is 0.500. The Kier molecular flexibility index (Phi) is 4.60. The summed E-state index contributed by atoms with van der Waals surface area (Å²) in [6.07, 6.45) is 3.14. The summed E-state index contributed by atoms with van der Waals surface area (Å²) < 4.78 is 0. The van der Waals surface area contributed by atoms with Crippen LogP contribution in [0.5, 0.6) is 0 Å². The molecule has 0 N–H and O–H groups in total. The minimum atomic E-state index is 1.13. The monoisotopic (exact) mass is 142 g/mol. The van der Waals surface area contributed by atoms with E-state index < -0.39 is 0 Å². The largest absolute Gasteiger partial charge is 0.151 e. The van der Waals surface area contributed by atoms with Crippen molar-refractivity contribution in [3.05, 3.63) is 22.6 Å². The maximum absolute atomic E-state index is 3.98. The quantitative estimate of drug-likeness (QED) is 0.444. The first-order valence-electron chi connectivity index (χ1n) is 3.19. The molecule has 0 aromatic carbocycles. The van der Waals surface area contributed by atoms with E-state index in [1.165, 1.54) is 11.1 Å². The van der Waals surface area contributed by atoms with Crippen LogP contribution >= 0.6 is 12.6 Å². The molecular weight excluding hydrogens is 128 g/mol. The van der Waals surface area contributed by atoms with Gasteiger partial charge in [0.1, 0.15) is 0 Å². The minimum Gasteiger partial charge on any atom is -0.151 e. The van der Waals surface area contributed by atoms with Crippen molar-refractivity contribution in [1.29, 1.82) is 0 Å². The van der Waals surface area contributed by atoms with Crippen LogP contribution in [-0.4, -0.2) is 0 Å². The van der Waals surface area contributed by atoms with E-state index in [0.717, 1.165) is 6.42 Å². The summed E-state index contributed by atoms with van der Waals surface area (Å²) in [7, 11) is 0. The Morgan fingerprint density at radius 1 is 1.44 bits per heavy atom. The number of thiol groups is 1. The van der Waals surface area contributed by atoms with Gasteiger partial charge in [0.2, 0.25) is 0 Å². The Balaban J connectivity index is 4.10. The van der Waals surface area contributed by atoms with Crippen LogP contribution in [0.4, 0.5) is 0 Å². The molecule has 0 aliphatic heterocycles. The van der Waals surface area contributed by atoms with E-state index in [1.54, 1.807) is 5.41 Å². The summed E-state index contributed by atoms with van der Waals surface area (Å²) in [5, 5.41) is 1.77. The molecule has 52 valence electrons. The SMILES string of the molecule is CC/C(C)=C(C)/C=C\S. The second kappa shape index (κ2) is 4.68. The van der Waals surface area contributed by atoms with E-state index in [0.29, 0.717) is 0 Å². The lowest BCUT2D eigenvalue weighted by molar-refractivity contribution is 1.07. The van der Waals surface area contributed by atoms with Crippen LogP contribution in [-0.2, 0) is 0 Å². The molecular formula is C8H14S. The van der Waals surface area contributed by atoms with E-state index in [1.807, 2.05) is 6.08 Å². The number of hydrogen-bond donors (Lipinski definition) is 1. The van der Waals surface area contributed by atoms with Gasteiger partial charge in [-0.05, 0) is 25.7 Å². The van der Waals surface area contributed by atoms with Crippen molar-refractivity contribution >= 4 is 12.6 Å². The predicted molar refractivity (Wildman–Crippen MR) is 46.8 cm³/mol. The summed E-state index contributed by atoms with van der Waals surface area (Å²) >= 11 is 3.98. The smallest absolute Gasteiger partial charge is 0.0322 e. The highest BCUT2D eigenvalue weighted by molar-refractivity contribution is 7.83. The van der Waals surface area contributed by atoms with Gasteiger partial charge in [-0.25, -0.2) is 0 Å². The molecule has 0 spiro atoms. The summed E-state index contributed by atoms with van der Waals surface area (Å²) in [6, 6.07) is 0. The predicted octanol–water partition coefficient (Wildman–Crippen LogP) is 3.18. The molecule has 0 unspecified atom stereocenters. The number of allylic oxidation sites excluding steroid dienone is 3. The molecule has 9 heavy (non-hydrogen) atoms. The molecule has 0 nitrogen and oxygen atoms in total. The molecule has 0 amide bonds. The first-order valence-corrected chi connectivity index (χ1v) is 3.71. The van der Waals surface area contributed by atoms with Gasteiger partial charge in [-0.2, -0.15) is 12.6 Å². The van der Waals surface area contributed by atoms with Crippen LogP contribution in [0.25, 0.3) is 0 Å². The fourth-order valence-electron chi connectivity index (χ4n) is 0.533. The Bertz CT molecular complexity index is 132. The van der Waals surface area contributed by atoms with Crippen LogP contribution in [0, 0.1) is 0 Å². The maximum Gasteiger partial charge on any atom is -0.0322 e. The molecule has 0 aromatic rings. The third-order valence-electron chi connectivity index (χ3n) is 1.53. The van der Waals surface area contributed by atoms with Crippen molar-refractivity contribution in [3.8, 4) is 0 Å². The van der Waals surface area contributed by atoms with E-state index in [2.05, 4.69) is 33.4 Å². The number of rotatable bonds is 2. The average Bonchev–Trinajstić information content (AvgIpc) is 1.87. The van der Waals surface area contributed by atoms with Crippen LogP contribution in [0.3, 0.4) is 0 Å². The third kappa shape index (κ3) is 3.41. The molecule has 0 rings (SSSR count). The third-order valence-corrected chi connectivity index (χ3v) is 1.68. The van der Waals surface area contributed by atoms with Gasteiger partial charge < -0.3 is 0 Å². The summed E-state index contributed by atoms with van der Waals surface area (Å²) in [5.74, 6) is 0. The molecule has 0 atom stereocenters. The Morgan fingerprint density at radius 3 is 2.33 bits per heavy atom. The molecule has 0 aliphatic carbocycles. The second-order valence-corrected chi connectivity index (χ2v) is 2.43. The van der Waals surface area contributed by atoms with Crippen LogP contribution in [0.1, 0.15) is 27.2 Å². The first kappa shape index (κ1) is 8.83. The molecule has 0 fully saturated rings. The molecule has 0 radical (unpaired) electrons. The Morgan fingerprint density at radius 2 is 2.00 bits per heavy atom. The zero-order chi connectivity index (χ0) is 7.28. The summed E-state index contributed by atoms with van der Waals surface area (Å²) in [6.45, 7) is 6.40. The lowest BCUT2D eigenvalue weighted by atomic mass is 10.1. The minimum absolute atomic E-state index is 1.13. The van der Waals surface area contributed by atoms with Gasteiger partial charge in [0.05, 0.1) is 0 Å². The van der Waals surface area contributed by atoms with Gasteiger partial charge in [-0.3, -0.25) is 0 Å². The van der Waals surface area contributed by atoms with Gasteiger partial charge in [0, 0.05) is 0 Å². The highest BCUT2D eigenvalue weighted by Gasteiger charge is 1.86. The van der Waals surface area contributed by atoms with Gasteiger partial charge in [0.25, 0.3) is 0 Å². The molecule has 0 saturated heterocycles. The molecule has 0 heterocycles. The molecule has 0 saturated carbocycles. The summed E-state index contributed by atoms with van der Waals surface area (Å²) in [4.78, 5) is 0. The fourth-order valence-corrected chi connectivity index (χ4v) is 0.757. The molecule has 0 aromatic heterocycles. The highest BCUT2D eigenvalue weighted by Crippen LogP contribution is 2.07. The summed E-state index contributed by atoms with van der Waals surface area (Å²) in [5.41, 5.74) is 2.76. The van der Waals surface area contributed by atoms with Gasteiger partial charge in [0.15, 0.2) is 0 Å².